The van der Waals surface area contributed by atoms with E-state index in [1.165, 1.54) is 218 Å². The van der Waals surface area contributed by atoms with Crippen LogP contribution in [-0.2, 0) is 65.4 Å². The van der Waals surface area contributed by atoms with Crippen LogP contribution in [0.25, 0.3) is 0 Å². The Labute approximate surface area is 619 Å². The van der Waals surface area contributed by atoms with Gasteiger partial charge in [-0.15, -0.1) is 0 Å². The molecule has 0 fully saturated rings. The van der Waals surface area contributed by atoms with Crippen molar-refractivity contribution in [3.05, 3.63) is 0 Å². The first kappa shape index (κ1) is 99.1. The van der Waals surface area contributed by atoms with Gasteiger partial charge in [-0.25, -0.2) is 9.13 Å². The van der Waals surface area contributed by atoms with Gasteiger partial charge in [-0.3, -0.25) is 37.3 Å². The molecule has 3 unspecified atom stereocenters. The molecule has 6 atom stereocenters. The first-order valence-electron chi connectivity index (χ1n) is 42.2. The van der Waals surface area contributed by atoms with E-state index in [1.807, 2.05) is 0 Å². The Balaban J connectivity index is 5.20. The van der Waals surface area contributed by atoms with Crippen LogP contribution in [0.5, 0.6) is 0 Å². The Morgan fingerprint density at radius 3 is 0.703 bits per heavy atom. The van der Waals surface area contributed by atoms with E-state index in [4.69, 9.17) is 37.0 Å². The zero-order valence-corrected chi connectivity index (χ0v) is 68.3. The number of aliphatic hydroxyl groups excluding tert-OH is 1. The highest BCUT2D eigenvalue weighted by molar-refractivity contribution is 7.47. The van der Waals surface area contributed by atoms with Crippen molar-refractivity contribution in [1.29, 1.82) is 0 Å². The van der Waals surface area contributed by atoms with Crippen molar-refractivity contribution < 1.29 is 80.2 Å². The molecular weight excluding hydrogens is 1320 g/mol. The highest BCUT2D eigenvalue weighted by Crippen LogP contribution is 2.45. The molecule has 0 aliphatic rings. The minimum absolute atomic E-state index is 0.106. The number of ether oxygens (including phenoxy) is 4. The molecule has 0 aliphatic carbocycles. The number of carbonyl (C=O) groups excluding carboxylic acids is 4. The second-order valence-electron chi connectivity index (χ2n) is 31.2. The van der Waals surface area contributed by atoms with Gasteiger partial charge in [0, 0.05) is 25.7 Å². The van der Waals surface area contributed by atoms with E-state index in [0.717, 1.165) is 120 Å². The van der Waals surface area contributed by atoms with Gasteiger partial charge in [0.1, 0.15) is 19.3 Å². The molecule has 0 heterocycles. The van der Waals surface area contributed by atoms with E-state index in [1.54, 1.807) is 0 Å². The first-order valence-corrected chi connectivity index (χ1v) is 45.2. The van der Waals surface area contributed by atoms with E-state index < -0.39 is 97.5 Å². The number of hydrogen-bond donors (Lipinski definition) is 3. The van der Waals surface area contributed by atoms with E-state index in [0.29, 0.717) is 25.7 Å². The lowest BCUT2D eigenvalue weighted by molar-refractivity contribution is -0.161. The fourth-order valence-corrected chi connectivity index (χ4v) is 14.2. The highest BCUT2D eigenvalue weighted by Gasteiger charge is 2.30. The molecule has 0 aromatic rings. The van der Waals surface area contributed by atoms with Crippen molar-refractivity contribution in [3.63, 3.8) is 0 Å². The summed E-state index contributed by atoms with van der Waals surface area (Å²) in [5.41, 5.74) is 0. The molecule has 19 heteroatoms. The van der Waals surface area contributed by atoms with E-state index in [9.17, 15) is 43.2 Å². The fourth-order valence-electron chi connectivity index (χ4n) is 12.6. The minimum atomic E-state index is -4.96. The zero-order chi connectivity index (χ0) is 74.6. The largest absolute Gasteiger partial charge is 0.472 e. The quantitative estimate of drug-likeness (QED) is 0.0222. The molecule has 0 rings (SSSR count). The summed E-state index contributed by atoms with van der Waals surface area (Å²) in [5, 5.41) is 10.6. The maximum absolute atomic E-state index is 13.1. The number of esters is 4. The van der Waals surface area contributed by atoms with Crippen LogP contribution in [0.4, 0.5) is 0 Å². The Bertz CT molecular complexity index is 1970. The number of unbranched alkanes of at least 4 members (excludes halogenated alkanes) is 44. The predicted molar refractivity (Wildman–Crippen MR) is 414 cm³/mol. The molecule has 0 aromatic carbocycles. The summed E-state index contributed by atoms with van der Waals surface area (Å²) >= 11 is 0. The molecule has 0 aromatic heterocycles. The van der Waals surface area contributed by atoms with E-state index in [2.05, 4.69) is 55.4 Å². The summed E-state index contributed by atoms with van der Waals surface area (Å²) in [6.45, 7) is 14.3. The third-order valence-corrected chi connectivity index (χ3v) is 21.3. The zero-order valence-electron chi connectivity index (χ0n) is 66.5. The lowest BCUT2D eigenvalue weighted by atomic mass is 10.00. The molecule has 0 amide bonds. The van der Waals surface area contributed by atoms with Gasteiger partial charge in [0.15, 0.2) is 12.2 Å². The molecule has 0 saturated carbocycles. The Hall–Kier alpha value is -1.94. The van der Waals surface area contributed by atoms with E-state index in [-0.39, 0.29) is 25.7 Å². The van der Waals surface area contributed by atoms with Crippen LogP contribution >= 0.6 is 15.6 Å². The summed E-state index contributed by atoms with van der Waals surface area (Å²) < 4.78 is 68.7. The molecule has 0 radical (unpaired) electrons. The molecule has 0 spiro atoms. The van der Waals surface area contributed by atoms with Gasteiger partial charge in [-0.05, 0) is 49.4 Å². The molecular formula is C82H160O17P2. The van der Waals surface area contributed by atoms with Crippen molar-refractivity contribution in [2.24, 2.45) is 23.7 Å². The summed E-state index contributed by atoms with van der Waals surface area (Å²) in [4.78, 5) is 73.0. The number of hydrogen-bond acceptors (Lipinski definition) is 15. The minimum Gasteiger partial charge on any atom is -0.462 e. The fraction of sp³-hybridized carbons (Fsp3) is 0.951. The van der Waals surface area contributed by atoms with Crippen LogP contribution in [0.15, 0.2) is 0 Å². The van der Waals surface area contributed by atoms with Crippen molar-refractivity contribution in [3.8, 4) is 0 Å². The molecule has 0 bridgehead atoms. The first-order chi connectivity index (χ1) is 48.6. The average molecular weight is 1480 g/mol. The van der Waals surface area contributed by atoms with Crippen molar-refractivity contribution in [2.45, 2.75) is 440 Å². The predicted octanol–water partition coefficient (Wildman–Crippen LogP) is 24.4. The number of phosphoric ester groups is 2. The lowest BCUT2D eigenvalue weighted by Gasteiger charge is -2.21. The third-order valence-electron chi connectivity index (χ3n) is 19.4. The standard InChI is InChI=1S/C82H160O17P2/c1-9-75(8)61-53-45-40-41-47-55-63-80(85)93-69-78(99-81(86)64-56-48-38-32-25-21-17-13-11-15-19-23-29-35-43-51-59-73(4)5)71-97-101(90,91)95-67-76(83)66-94-100(88,89)96-70-77(98-82(87)65-57-49-39-33-27-26-30-36-44-52-60-74(6)7)68-92-79(84)62-54-46-37-31-24-20-16-12-10-14-18-22-28-34-42-50-58-72(2)3/h72-78,83H,9-71H2,1-8H3,(H,88,89)(H,90,91)/t75?,76-,77-,78-/m1/s1. The van der Waals surface area contributed by atoms with Crippen LogP contribution in [0.2, 0.25) is 0 Å². The van der Waals surface area contributed by atoms with Gasteiger partial charge < -0.3 is 33.8 Å². The average Bonchev–Trinajstić information content (AvgIpc) is 0.939. The molecule has 600 valence electrons. The molecule has 3 N–H and O–H groups in total. The number of phosphoric acid groups is 2. The smallest absolute Gasteiger partial charge is 0.462 e. The lowest BCUT2D eigenvalue weighted by Crippen LogP contribution is -2.30. The van der Waals surface area contributed by atoms with Gasteiger partial charge >= 0.3 is 39.5 Å². The monoisotopic (exact) mass is 1480 g/mol. The number of rotatable bonds is 79. The van der Waals surface area contributed by atoms with Crippen LogP contribution in [-0.4, -0.2) is 96.7 Å². The molecule has 17 nitrogen and oxygen atoms in total. The Morgan fingerprint density at radius 1 is 0.277 bits per heavy atom. The van der Waals surface area contributed by atoms with Crippen molar-refractivity contribution >= 4 is 39.5 Å². The normalized spacial score (nSPS) is 14.3. The van der Waals surface area contributed by atoms with Crippen molar-refractivity contribution in [2.75, 3.05) is 39.6 Å². The SMILES string of the molecule is CCC(C)CCCCCCCCC(=O)OC[C@H](COP(=O)(O)OC[C@H](O)COP(=O)(O)OC[C@@H](COC(=O)CCCCCCCCCCCCCCCCCCC(C)C)OC(=O)CCCCCCCCCCCCC(C)C)OC(=O)CCCCCCCCCCCCCCCCCCC(C)C. The summed E-state index contributed by atoms with van der Waals surface area (Å²) in [5.74, 6) is 0.990. The van der Waals surface area contributed by atoms with Gasteiger partial charge in [-0.2, -0.15) is 0 Å². The molecule has 101 heavy (non-hydrogen) atoms. The Morgan fingerprint density at radius 2 is 0.475 bits per heavy atom. The highest BCUT2D eigenvalue weighted by atomic mass is 31.2. The van der Waals surface area contributed by atoms with Gasteiger partial charge in [-0.1, -0.05) is 370 Å². The van der Waals surface area contributed by atoms with Crippen LogP contribution in [0.3, 0.4) is 0 Å². The third kappa shape index (κ3) is 74.7. The summed E-state index contributed by atoms with van der Waals surface area (Å²) in [6.07, 6.45) is 58.4. The van der Waals surface area contributed by atoms with Gasteiger partial charge in [0.25, 0.3) is 0 Å². The van der Waals surface area contributed by atoms with Gasteiger partial charge in [0.05, 0.1) is 26.4 Å². The van der Waals surface area contributed by atoms with Crippen LogP contribution in [0, 0.1) is 23.7 Å². The molecule has 0 saturated heterocycles. The van der Waals surface area contributed by atoms with Crippen molar-refractivity contribution in [1.82, 2.24) is 0 Å². The Kier molecular flexibility index (Phi) is 69.6. The summed E-state index contributed by atoms with van der Waals surface area (Å²) in [6, 6.07) is 0. The molecule has 0 aliphatic heterocycles. The second-order valence-corrected chi connectivity index (χ2v) is 34.1. The second kappa shape index (κ2) is 71.0. The number of aliphatic hydroxyl groups is 1. The van der Waals surface area contributed by atoms with Crippen LogP contribution < -0.4 is 0 Å². The topological polar surface area (TPSA) is 237 Å². The van der Waals surface area contributed by atoms with Gasteiger partial charge in [0.2, 0.25) is 0 Å². The van der Waals surface area contributed by atoms with Crippen LogP contribution in [0.1, 0.15) is 421 Å². The summed E-state index contributed by atoms with van der Waals surface area (Å²) in [7, 11) is -9.92. The number of carbonyl (C=O) groups is 4. The maximum atomic E-state index is 13.1. The maximum Gasteiger partial charge on any atom is 0.472 e. The van der Waals surface area contributed by atoms with E-state index >= 15 is 0 Å².